The highest BCUT2D eigenvalue weighted by molar-refractivity contribution is 6.03. The Morgan fingerprint density at radius 1 is 1.40 bits per heavy atom. The normalized spacial score (nSPS) is 11.2. The summed E-state index contributed by atoms with van der Waals surface area (Å²) < 4.78 is 1.75. The third-order valence-electron chi connectivity index (χ3n) is 2.45. The largest absolute Gasteiger partial charge is 0.294 e. The number of hydrogen-bond acceptors (Lipinski definition) is 2. The summed E-state index contributed by atoms with van der Waals surface area (Å²) in [5.41, 5.74) is 2.73. The second kappa shape index (κ2) is 3.50. The van der Waals surface area contributed by atoms with Crippen LogP contribution in [0.25, 0.3) is 5.52 Å². The molecule has 2 heterocycles. The van der Waals surface area contributed by atoms with Crippen molar-refractivity contribution in [1.82, 2.24) is 9.61 Å². The number of aromatic nitrogens is 2. The van der Waals surface area contributed by atoms with E-state index in [2.05, 4.69) is 5.10 Å². The molecular formula is C12H14N2O. The van der Waals surface area contributed by atoms with Gasteiger partial charge in [0.1, 0.15) is 0 Å². The lowest BCUT2D eigenvalue weighted by atomic mass is 10.0. The van der Waals surface area contributed by atoms with Gasteiger partial charge in [-0.1, -0.05) is 19.9 Å². The summed E-state index contributed by atoms with van der Waals surface area (Å²) in [4.78, 5) is 11.9. The molecule has 0 aliphatic heterocycles. The van der Waals surface area contributed by atoms with Gasteiger partial charge in [-0.25, -0.2) is 4.52 Å². The van der Waals surface area contributed by atoms with Crippen molar-refractivity contribution in [1.29, 1.82) is 0 Å². The molecule has 0 aromatic carbocycles. The summed E-state index contributed by atoms with van der Waals surface area (Å²) in [5, 5.41) is 4.18. The van der Waals surface area contributed by atoms with Crippen LogP contribution in [0.3, 0.4) is 0 Å². The van der Waals surface area contributed by atoms with Crippen molar-refractivity contribution in [3.05, 3.63) is 35.7 Å². The predicted molar refractivity (Wildman–Crippen MR) is 59.1 cm³/mol. The van der Waals surface area contributed by atoms with E-state index in [1.165, 1.54) is 0 Å². The highest BCUT2D eigenvalue weighted by Crippen LogP contribution is 2.15. The summed E-state index contributed by atoms with van der Waals surface area (Å²) >= 11 is 0. The Hall–Kier alpha value is -1.64. The lowest BCUT2D eigenvalue weighted by Gasteiger charge is -2.02. The van der Waals surface area contributed by atoms with Crippen molar-refractivity contribution in [2.24, 2.45) is 5.92 Å². The molecule has 0 aliphatic carbocycles. The monoisotopic (exact) mass is 202 g/mol. The maximum Gasteiger partial charge on any atom is 0.169 e. The second-order valence-electron chi connectivity index (χ2n) is 4.11. The third kappa shape index (κ3) is 1.65. The molecule has 2 aromatic heterocycles. The first-order chi connectivity index (χ1) is 7.09. The fourth-order valence-corrected chi connectivity index (χ4v) is 1.59. The average Bonchev–Trinajstić information content (AvgIpc) is 2.59. The van der Waals surface area contributed by atoms with Crippen molar-refractivity contribution in [2.75, 3.05) is 0 Å². The van der Waals surface area contributed by atoms with E-state index in [1.807, 2.05) is 39.1 Å². The molecule has 0 unspecified atom stereocenters. The topological polar surface area (TPSA) is 34.4 Å². The Bertz CT molecular complexity index is 511. The van der Waals surface area contributed by atoms with Gasteiger partial charge in [-0.15, -0.1) is 0 Å². The van der Waals surface area contributed by atoms with Crippen LogP contribution in [0.2, 0.25) is 0 Å². The molecule has 2 aromatic rings. The molecule has 3 nitrogen and oxygen atoms in total. The van der Waals surface area contributed by atoms with E-state index in [0.29, 0.717) is 5.56 Å². The standard InChI is InChI=1S/C12H14N2O/c1-8(2)12(15)10-6-13-14-7-9(3)4-5-11(10)14/h4-8H,1-3H3. The number of aryl methyl sites for hydroxylation is 1. The smallest absolute Gasteiger partial charge is 0.169 e. The molecule has 0 saturated heterocycles. The van der Waals surface area contributed by atoms with Crippen LogP contribution in [-0.2, 0) is 0 Å². The van der Waals surface area contributed by atoms with Crippen LogP contribution >= 0.6 is 0 Å². The third-order valence-corrected chi connectivity index (χ3v) is 2.45. The number of hydrogen-bond donors (Lipinski definition) is 0. The van der Waals surface area contributed by atoms with E-state index in [4.69, 9.17) is 0 Å². The molecular weight excluding hydrogens is 188 g/mol. The summed E-state index contributed by atoms with van der Waals surface area (Å²) in [5.74, 6) is 0.160. The van der Waals surface area contributed by atoms with Gasteiger partial charge in [0.2, 0.25) is 0 Å². The highest BCUT2D eigenvalue weighted by atomic mass is 16.1. The number of fused-ring (bicyclic) bond motifs is 1. The van der Waals surface area contributed by atoms with Crippen molar-refractivity contribution in [2.45, 2.75) is 20.8 Å². The predicted octanol–water partition coefficient (Wildman–Crippen LogP) is 2.48. The van der Waals surface area contributed by atoms with Gasteiger partial charge in [-0.05, 0) is 18.6 Å². The van der Waals surface area contributed by atoms with Gasteiger partial charge in [0, 0.05) is 12.1 Å². The van der Waals surface area contributed by atoms with Crippen LogP contribution in [0, 0.1) is 12.8 Å². The Morgan fingerprint density at radius 3 is 2.80 bits per heavy atom. The quantitative estimate of drug-likeness (QED) is 0.701. The zero-order valence-electron chi connectivity index (χ0n) is 9.19. The summed E-state index contributed by atoms with van der Waals surface area (Å²) in [6, 6.07) is 3.94. The molecule has 0 aliphatic rings. The Morgan fingerprint density at radius 2 is 2.13 bits per heavy atom. The maximum absolute atomic E-state index is 11.9. The first kappa shape index (κ1) is 9.90. The van der Waals surface area contributed by atoms with Crippen LogP contribution in [0.4, 0.5) is 0 Å². The number of pyridine rings is 1. The molecule has 0 N–H and O–H groups in total. The average molecular weight is 202 g/mol. The zero-order chi connectivity index (χ0) is 11.0. The van der Waals surface area contributed by atoms with Crippen LogP contribution in [0.15, 0.2) is 24.5 Å². The summed E-state index contributed by atoms with van der Waals surface area (Å²) in [7, 11) is 0. The van der Waals surface area contributed by atoms with E-state index in [9.17, 15) is 4.79 Å². The van der Waals surface area contributed by atoms with Crippen molar-refractivity contribution >= 4 is 11.3 Å². The summed E-state index contributed by atoms with van der Waals surface area (Å²) in [6.45, 7) is 5.81. The molecule has 0 bridgehead atoms. The van der Waals surface area contributed by atoms with Crippen LogP contribution in [-0.4, -0.2) is 15.4 Å². The second-order valence-corrected chi connectivity index (χ2v) is 4.11. The molecule has 0 spiro atoms. The molecule has 0 atom stereocenters. The van der Waals surface area contributed by atoms with Crippen molar-refractivity contribution in [3.63, 3.8) is 0 Å². The van der Waals surface area contributed by atoms with Crippen molar-refractivity contribution in [3.8, 4) is 0 Å². The van der Waals surface area contributed by atoms with Crippen molar-refractivity contribution < 1.29 is 4.79 Å². The minimum atomic E-state index is 0.0132. The lowest BCUT2D eigenvalue weighted by molar-refractivity contribution is 0.0941. The lowest BCUT2D eigenvalue weighted by Crippen LogP contribution is -2.06. The molecule has 2 rings (SSSR count). The highest BCUT2D eigenvalue weighted by Gasteiger charge is 2.15. The van der Waals surface area contributed by atoms with Gasteiger partial charge in [-0.3, -0.25) is 4.79 Å². The van der Waals surface area contributed by atoms with Gasteiger partial charge in [-0.2, -0.15) is 5.10 Å². The Labute approximate surface area is 88.7 Å². The fourth-order valence-electron chi connectivity index (χ4n) is 1.59. The van der Waals surface area contributed by atoms with Crippen LogP contribution in [0.5, 0.6) is 0 Å². The van der Waals surface area contributed by atoms with E-state index >= 15 is 0 Å². The van der Waals surface area contributed by atoms with Gasteiger partial charge in [0.05, 0.1) is 17.3 Å². The minimum Gasteiger partial charge on any atom is -0.294 e. The summed E-state index contributed by atoms with van der Waals surface area (Å²) in [6.07, 6.45) is 3.57. The van der Waals surface area contributed by atoms with Crippen LogP contribution < -0.4 is 0 Å². The molecule has 0 saturated carbocycles. The number of ketones is 1. The molecule has 0 fully saturated rings. The van der Waals surface area contributed by atoms with E-state index in [1.54, 1.807) is 10.7 Å². The molecule has 78 valence electrons. The fraction of sp³-hybridized carbons (Fsp3) is 0.333. The molecule has 0 radical (unpaired) electrons. The van der Waals surface area contributed by atoms with Crippen LogP contribution in [0.1, 0.15) is 29.8 Å². The molecule has 15 heavy (non-hydrogen) atoms. The first-order valence-corrected chi connectivity index (χ1v) is 5.08. The molecule has 0 amide bonds. The number of rotatable bonds is 2. The SMILES string of the molecule is Cc1ccc2c(C(=O)C(C)C)cnn2c1. The Balaban J connectivity index is 2.59. The first-order valence-electron chi connectivity index (χ1n) is 5.08. The maximum atomic E-state index is 11.9. The number of nitrogens with zero attached hydrogens (tertiary/aromatic N) is 2. The number of carbonyl (C=O) groups excluding carboxylic acids is 1. The van der Waals surface area contributed by atoms with Gasteiger partial charge in [0.15, 0.2) is 5.78 Å². The van der Waals surface area contributed by atoms with E-state index < -0.39 is 0 Å². The number of Topliss-reactive ketones (excluding diaryl/α,β-unsaturated/α-hetero) is 1. The van der Waals surface area contributed by atoms with Gasteiger partial charge in [0.25, 0.3) is 0 Å². The zero-order valence-corrected chi connectivity index (χ0v) is 9.19. The number of carbonyl (C=O) groups is 1. The van der Waals surface area contributed by atoms with E-state index in [-0.39, 0.29) is 11.7 Å². The van der Waals surface area contributed by atoms with E-state index in [0.717, 1.165) is 11.1 Å². The van der Waals surface area contributed by atoms with Gasteiger partial charge < -0.3 is 0 Å². The minimum absolute atomic E-state index is 0.0132. The molecule has 3 heteroatoms. The van der Waals surface area contributed by atoms with Gasteiger partial charge >= 0.3 is 0 Å². The Kier molecular flexibility index (Phi) is 2.31.